The predicted octanol–water partition coefficient (Wildman–Crippen LogP) is 1.72. The lowest BCUT2D eigenvalue weighted by atomic mass is 9.69. The van der Waals surface area contributed by atoms with Gasteiger partial charge in [-0.15, -0.1) is 0 Å². The zero-order valence-corrected chi connectivity index (χ0v) is 19.7. The van der Waals surface area contributed by atoms with Crippen LogP contribution < -0.4 is 5.32 Å². The van der Waals surface area contributed by atoms with Gasteiger partial charge in [0.25, 0.3) is 5.91 Å². The molecule has 8 nitrogen and oxygen atoms in total. The molecule has 0 aromatic heterocycles. The molecule has 1 fully saturated rings. The van der Waals surface area contributed by atoms with Gasteiger partial charge in [-0.2, -0.15) is 0 Å². The minimum atomic E-state index is -1.78. The number of rotatable bonds is 2. The Morgan fingerprint density at radius 2 is 1.70 bits per heavy atom. The molecule has 0 saturated carbocycles. The van der Waals surface area contributed by atoms with Crippen LogP contribution in [0.5, 0.6) is 0 Å². The van der Waals surface area contributed by atoms with E-state index in [1.54, 1.807) is 38.2 Å². The van der Waals surface area contributed by atoms with E-state index in [1.165, 1.54) is 13.0 Å². The molecule has 8 heteroatoms. The van der Waals surface area contributed by atoms with Crippen molar-refractivity contribution in [3.05, 3.63) is 47.6 Å². The van der Waals surface area contributed by atoms with Crippen LogP contribution in [0.15, 0.2) is 47.6 Å². The highest BCUT2D eigenvalue weighted by Gasteiger charge is 2.56. The molecule has 33 heavy (non-hydrogen) atoms. The van der Waals surface area contributed by atoms with E-state index in [1.807, 2.05) is 13.0 Å². The number of ether oxygens (including phenoxy) is 1. The number of ketones is 2. The summed E-state index contributed by atoms with van der Waals surface area (Å²) in [5, 5.41) is 23.1. The lowest BCUT2D eigenvalue weighted by Crippen LogP contribution is -2.61. The Bertz CT molecular complexity index is 929. The van der Waals surface area contributed by atoms with Crippen molar-refractivity contribution < 1.29 is 34.1 Å². The maximum absolute atomic E-state index is 13.4. The number of hydrogen-bond donors (Lipinski definition) is 3. The highest BCUT2D eigenvalue weighted by Crippen LogP contribution is 2.38. The van der Waals surface area contributed by atoms with Crippen molar-refractivity contribution in [2.45, 2.75) is 71.8 Å². The second-order valence-electron chi connectivity index (χ2n) is 8.99. The first-order valence-electron chi connectivity index (χ1n) is 11.0. The fraction of sp³-hybridized carbons (Fsp3) is 0.520. The molecular weight excluding hydrogens is 426 g/mol. The second-order valence-corrected chi connectivity index (χ2v) is 8.99. The SMILES string of the molecule is CC(=O)C(=O)N[C@@H]1/C=C(C)/C=C/[C@H](O)C/C=C(C)/C=C/[C@@H](O)C[C@H]2OC(=O)[C@@]1(C)C(=O)[C@H]2C. The Labute approximate surface area is 194 Å². The summed E-state index contributed by atoms with van der Waals surface area (Å²) in [7, 11) is 0. The molecule has 0 aromatic carbocycles. The van der Waals surface area contributed by atoms with Gasteiger partial charge in [0.05, 0.1) is 24.2 Å². The van der Waals surface area contributed by atoms with Gasteiger partial charge in [0, 0.05) is 13.3 Å². The van der Waals surface area contributed by atoms with Crippen LogP contribution in [0.1, 0.15) is 47.5 Å². The number of carbonyl (C=O) groups is 4. The van der Waals surface area contributed by atoms with Crippen molar-refractivity contribution in [3.8, 4) is 0 Å². The topological polar surface area (TPSA) is 130 Å². The molecule has 2 aliphatic heterocycles. The number of Topliss-reactive ketones (excluding diaryl/α,β-unsaturated/α-hetero) is 2. The third kappa shape index (κ3) is 6.36. The average Bonchev–Trinajstić information content (AvgIpc) is 2.75. The maximum atomic E-state index is 13.4. The van der Waals surface area contributed by atoms with Crippen molar-refractivity contribution in [1.82, 2.24) is 5.32 Å². The molecule has 3 N–H and O–H groups in total. The van der Waals surface area contributed by atoms with E-state index in [-0.39, 0.29) is 6.42 Å². The van der Waals surface area contributed by atoms with Gasteiger partial charge in [0.15, 0.2) is 5.78 Å². The second kappa shape index (κ2) is 10.9. The normalized spacial score (nSPS) is 38.7. The van der Waals surface area contributed by atoms with Crippen LogP contribution in [0.3, 0.4) is 0 Å². The van der Waals surface area contributed by atoms with Crippen LogP contribution in [-0.2, 0) is 23.9 Å². The molecule has 0 spiro atoms. The first kappa shape index (κ1) is 26.4. The van der Waals surface area contributed by atoms with Crippen molar-refractivity contribution in [2.24, 2.45) is 11.3 Å². The zero-order chi connectivity index (χ0) is 24.9. The van der Waals surface area contributed by atoms with E-state index in [4.69, 9.17) is 4.74 Å². The van der Waals surface area contributed by atoms with Gasteiger partial charge in [0.2, 0.25) is 5.78 Å². The molecular formula is C25H33NO7. The van der Waals surface area contributed by atoms with Gasteiger partial charge in [-0.05, 0) is 27.2 Å². The molecule has 1 aliphatic carbocycles. The molecule has 0 unspecified atom stereocenters. The lowest BCUT2D eigenvalue weighted by Gasteiger charge is -2.42. The Morgan fingerprint density at radius 1 is 1.09 bits per heavy atom. The fourth-order valence-electron chi connectivity index (χ4n) is 3.85. The number of hydrogen-bond acceptors (Lipinski definition) is 7. The third-order valence-corrected chi connectivity index (χ3v) is 6.14. The summed E-state index contributed by atoms with van der Waals surface area (Å²) in [4.78, 5) is 50.3. The third-order valence-electron chi connectivity index (χ3n) is 6.14. The summed E-state index contributed by atoms with van der Waals surface area (Å²) in [6, 6.07) is -1.15. The number of carbonyl (C=O) groups excluding carboxylic acids is 4. The van der Waals surface area contributed by atoms with Gasteiger partial charge >= 0.3 is 5.97 Å². The zero-order valence-electron chi connectivity index (χ0n) is 19.7. The Morgan fingerprint density at radius 3 is 2.33 bits per heavy atom. The van der Waals surface area contributed by atoms with Crippen molar-refractivity contribution in [3.63, 3.8) is 0 Å². The van der Waals surface area contributed by atoms with Crippen LogP contribution in [-0.4, -0.2) is 58.0 Å². The number of fused-ring (bicyclic) bond motifs is 10. The summed E-state index contributed by atoms with van der Waals surface area (Å²) in [5.74, 6) is -3.74. The molecule has 6 atom stereocenters. The van der Waals surface area contributed by atoms with Gasteiger partial charge in [-0.3, -0.25) is 19.2 Å². The van der Waals surface area contributed by atoms with Crippen molar-refractivity contribution in [2.75, 3.05) is 0 Å². The van der Waals surface area contributed by atoms with Crippen LogP contribution in [0.4, 0.5) is 0 Å². The number of nitrogens with one attached hydrogen (secondary N) is 1. The van der Waals surface area contributed by atoms with Gasteiger partial charge in [-0.25, -0.2) is 0 Å². The number of esters is 1. The van der Waals surface area contributed by atoms with Crippen LogP contribution in [0.25, 0.3) is 0 Å². The molecule has 1 amide bonds. The molecule has 0 aromatic rings. The summed E-state index contributed by atoms with van der Waals surface area (Å²) >= 11 is 0. The monoisotopic (exact) mass is 459 g/mol. The average molecular weight is 460 g/mol. The standard InChI is InChI=1S/C25H33NO7/c1-14-6-9-18(28)10-8-15(2)12-21(26-23(31)17(4)27)25(5)22(30)16(3)20(33-24(25)32)13-19(29)11-7-14/h6-8,10-12,16,18-21,28-29H,9,13H2,1-5H3,(H,26,31)/b10-8+,11-7+,14-6+,15-12+/t16-,18+,19+,20+,21+,25+/m0/s1. The maximum Gasteiger partial charge on any atom is 0.322 e. The highest BCUT2D eigenvalue weighted by atomic mass is 16.5. The number of aliphatic hydroxyl groups excluding tert-OH is 2. The Balaban J connectivity index is 2.57. The molecule has 2 heterocycles. The number of amides is 1. The van der Waals surface area contributed by atoms with Crippen LogP contribution >= 0.6 is 0 Å². The predicted molar refractivity (Wildman–Crippen MR) is 122 cm³/mol. The molecule has 3 aliphatic rings. The molecule has 2 bridgehead atoms. The summed E-state index contributed by atoms with van der Waals surface area (Å²) in [6.07, 6.45) is 7.54. The lowest BCUT2D eigenvalue weighted by molar-refractivity contribution is -0.181. The van der Waals surface area contributed by atoms with Crippen molar-refractivity contribution in [1.29, 1.82) is 0 Å². The van der Waals surface area contributed by atoms with Crippen LogP contribution in [0, 0.1) is 11.3 Å². The quantitative estimate of drug-likeness (QED) is 0.326. The van der Waals surface area contributed by atoms with E-state index in [9.17, 15) is 29.4 Å². The van der Waals surface area contributed by atoms with Gasteiger partial charge in [-0.1, -0.05) is 54.5 Å². The van der Waals surface area contributed by atoms with Crippen molar-refractivity contribution >= 4 is 23.4 Å². The van der Waals surface area contributed by atoms with Crippen LogP contribution in [0.2, 0.25) is 0 Å². The van der Waals surface area contributed by atoms with Gasteiger partial charge in [0.1, 0.15) is 11.5 Å². The Hall–Kier alpha value is -2.84. The summed E-state index contributed by atoms with van der Waals surface area (Å²) in [6.45, 7) is 7.62. The molecule has 180 valence electrons. The first-order chi connectivity index (χ1) is 15.4. The minimum Gasteiger partial charge on any atom is -0.461 e. The highest BCUT2D eigenvalue weighted by molar-refractivity contribution is 6.35. The molecule has 0 radical (unpaired) electrons. The largest absolute Gasteiger partial charge is 0.461 e. The van der Waals surface area contributed by atoms with E-state index < -0.39 is 59.1 Å². The van der Waals surface area contributed by atoms with E-state index in [0.29, 0.717) is 12.0 Å². The van der Waals surface area contributed by atoms with E-state index >= 15 is 0 Å². The summed E-state index contributed by atoms with van der Waals surface area (Å²) in [5.41, 5.74) is -0.371. The fourth-order valence-corrected chi connectivity index (χ4v) is 3.85. The van der Waals surface area contributed by atoms with E-state index in [2.05, 4.69) is 5.32 Å². The first-order valence-corrected chi connectivity index (χ1v) is 11.0. The summed E-state index contributed by atoms with van der Waals surface area (Å²) < 4.78 is 5.59. The minimum absolute atomic E-state index is 0.0298. The molecule has 1 saturated heterocycles. The van der Waals surface area contributed by atoms with Gasteiger partial charge < -0.3 is 20.3 Å². The van der Waals surface area contributed by atoms with E-state index in [0.717, 1.165) is 12.5 Å². The number of aliphatic hydroxyl groups is 2. The number of allylic oxidation sites excluding steroid dienone is 4. The molecule has 3 rings (SSSR count). The smallest absolute Gasteiger partial charge is 0.322 e. The Kier molecular flexibility index (Phi) is 8.69.